The molecule has 162 valence electrons. The highest BCUT2D eigenvalue weighted by Crippen LogP contribution is 2.28. The maximum atomic E-state index is 13.0. The van der Waals surface area contributed by atoms with E-state index in [9.17, 15) is 4.79 Å². The van der Waals surface area contributed by atoms with Crippen LogP contribution in [0.25, 0.3) is 5.69 Å². The van der Waals surface area contributed by atoms with E-state index in [1.165, 1.54) is 11.8 Å². The van der Waals surface area contributed by atoms with E-state index in [-0.39, 0.29) is 11.2 Å². The molecule has 1 aromatic heterocycles. The number of amides is 1. The van der Waals surface area contributed by atoms with E-state index in [1.807, 2.05) is 92.1 Å². The third kappa shape index (κ3) is 4.92. The van der Waals surface area contributed by atoms with E-state index in [4.69, 9.17) is 0 Å². The number of hydrogen-bond donors (Lipinski definition) is 1. The first-order valence-corrected chi connectivity index (χ1v) is 11.5. The Morgan fingerprint density at radius 2 is 1.53 bits per heavy atom. The number of aryl methyl sites for hydroxylation is 2. The summed E-state index contributed by atoms with van der Waals surface area (Å²) >= 11 is 1.41. The van der Waals surface area contributed by atoms with Gasteiger partial charge in [-0.3, -0.25) is 9.36 Å². The normalized spacial score (nSPS) is 11.8. The lowest BCUT2D eigenvalue weighted by atomic mass is 10.1. The highest BCUT2D eigenvalue weighted by atomic mass is 32.2. The molecule has 0 aliphatic carbocycles. The Kier molecular flexibility index (Phi) is 6.71. The smallest absolute Gasteiger partial charge is 0.237 e. The van der Waals surface area contributed by atoms with Gasteiger partial charge in [0.15, 0.2) is 5.16 Å². The zero-order valence-corrected chi connectivity index (χ0v) is 19.3. The van der Waals surface area contributed by atoms with Crippen LogP contribution in [0.5, 0.6) is 0 Å². The van der Waals surface area contributed by atoms with E-state index in [0.29, 0.717) is 11.6 Å². The monoisotopic (exact) mass is 442 g/mol. The number of para-hydroxylation sites is 2. The SMILES string of the molecule is Cc1cccc(C)c1NC(=O)C(C)Sc1nnc(Cc2ccccc2)n1-c1ccccc1. The van der Waals surface area contributed by atoms with Crippen molar-refractivity contribution in [3.8, 4) is 5.69 Å². The third-order valence-electron chi connectivity index (χ3n) is 5.30. The zero-order valence-electron chi connectivity index (χ0n) is 18.4. The molecule has 0 fully saturated rings. The van der Waals surface area contributed by atoms with Crippen LogP contribution in [0.2, 0.25) is 0 Å². The Bertz CT molecular complexity index is 1180. The van der Waals surface area contributed by atoms with Gasteiger partial charge in [0.05, 0.1) is 5.25 Å². The molecule has 1 heterocycles. The minimum atomic E-state index is -0.342. The Morgan fingerprint density at radius 1 is 0.906 bits per heavy atom. The minimum absolute atomic E-state index is 0.0559. The fourth-order valence-electron chi connectivity index (χ4n) is 3.55. The summed E-state index contributed by atoms with van der Waals surface area (Å²) in [6.45, 7) is 5.90. The van der Waals surface area contributed by atoms with Crippen LogP contribution in [-0.4, -0.2) is 25.9 Å². The highest BCUT2D eigenvalue weighted by Gasteiger charge is 2.22. The van der Waals surface area contributed by atoms with E-state index in [0.717, 1.165) is 33.9 Å². The molecule has 4 rings (SSSR count). The highest BCUT2D eigenvalue weighted by molar-refractivity contribution is 8.00. The number of rotatable bonds is 7. The number of nitrogens with zero attached hydrogens (tertiary/aromatic N) is 3. The van der Waals surface area contributed by atoms with Gasteiger partial charge in [-0.15, -0.1) is 10.2 Å². The molecule has 4 aromatic rings. The molecule has 0 aliphatic rings. The molecule has 6 heteroatoms. The van der Waals surface area contributed by atoms with E-state index >= 15 is 0 Å². The van der Waals surface area contributed by atoms with E-state index in [1.54, 1.807) is 0 Å². The van der Waals surface area contributed by atoms with Crippen molar-refractivity contribution >= 4 is 23.4 Å². The summed E-state index contributed by atoms with van der Waals surface area (Å²) in [5.41, 5.74) is 5.11. The number of benzene rings is 3. The average Bonchev–Trinajstić information content (AvgIpc) is 3.19. The molecule has 1 amide bonds. The van der Waals surface area contributed by atoms with Crippen LogP contribution in [-0.2, 0) is 11.2 Å². The number of anilines is 1. The lowest BCUT2D eigenvalue weighted by Crippen LogP contribution is -2.24. The largest absolute Gasteiger partial charge is 0.325 e. The predicted molar refractivity (Wildman–Crippen MR) is 130 cm³/mol. The predicted octanol–water partition coefficient (Wildman–Crippen LogP) is 5.59. The standard InChI is InChI=1S/C26H26N4OS/c1-18-11-10-12-19(2)24(18)27-25(31)20(3)32-26-29-28-23(17-21-13-6-4-7-14-21)30(26)22-15-8-5-9-16-22/h4-16,20H,17H2,1-3H3,(H,27,31). The van der Waals surface area contributed by atoms with Crippen molar-refractivity contribution in [2.45, 2.75) is 37.6 Å². The van der Waals surface area contributed by atoms with Gasteiger partial charge < -0.3 is 5.32 Å². The number of aromatic nitrogens is 3. The zero-order chi connectivity index (χ0) is 22.5. The van der Waals surface area contributed by atoms with Gasteiger partial charge in [-0.05, 0) is 49.6 Å². The number of hydrogen-bond acceptors (Lipinski definition) is 4. The van der Waals surface area contributed by atoms with Crippen LogP contribution in [0.1, 0.15) is 29.4 Å². The van der Waals surface area contributed by atoms with Crippen molar-refractivity contribution < 1.29 is 4.79 Å². The number of carbonyl (C=O) groups excluding carboxylic acids is 1. The molecule has 1 unspecified atom stereocenters. The maximum absolute atomic E-state index is 13.0. The summed E-state index contributed by atoms with van der Waals surface area (Å²) in [5, 5.41) is 12.4. The van der Waals surface area contributed by atoms with E-state index < -0.39 is 0 Å². The molecule has 0 spiro atoms. The van der Waals surface area contributed by atoms with Crippen molar-refractivity contribution in [2.75, 3.05) is 5.32 Å². The molecule has 0 saturated carbocycles. The molecule has 1 N–H and O–H groups in total. The molecular formula is C26H26N4OS. The Labute approximate surface area is 192 Å². The molecule has 5 nitrogen and oxygen atoms in total. The van der Waals surface area contributed by atoms with Crippen LogP contribution < -0.4 is 5.32 Å². The first-order valence-electron chi connectivity index (χ1n) is 10.6. The second-order valence-electron chi connectivity index (χ2n) is 7.75. The average molecular weight is 443 g/mol. The number of nitrogens with one attached hydrogen (secondary N) is 1. The second kappa shape index (κ2) is 9.83. The van der Waals surface area contributed by atoms with Gasteiger partial charge in [0.1, 0.15) is 5.82 Å². The fourth-order valence-corrected chi connectivity index (χ4v) is 4.44. The van der Waals surface area contributed by atoms with Crippen LogP contribution >= 0.6 is 11.8 Å². The van der Waals surface area contributed by atoms with Gasteiger partial charge >= 0.3 is 0 Å². The Morgan fingerprint density at radius 3 is 2.19 bits per heavy atom. The summed E-state index contributed by atoms with van der Waals surface area (Å²) in [6.07, 6.45) is 0.659. The summed E-state index contributed by atoms with van der Waals surface area (Å²) in [5.74, 6) is 0.784. The van der Waals surface area contributed by atoms with Gasteiger partial charge in [-0.2, -0.15) is 0 Å². The number of carbonyl (C=O) groups is 1. The van der Waals surface area contributed by atoms with Crippen LogP contribution in [0.15, 0.2) is 84.0 Å². The van der Waals surface area contributed by atoms with Crippen molar-refractivity contribution in [1.82, 2.24) is 14.8 Å². The molecule has 3 aromatic carbocycles. The molecule has 0 bridgehead atoms. The molecule has 0 radical (unpaired) electrons. The maximum Gasteiger partial charge on any atom is 0.237 e. The molecule has 32 heavy (non-hydrogen) atoms. The van der Waals surface area contributed by atoms with Crippen LogP contribution in [0, 0.1) is 13.8 Å². The van der Waals surface area contributed by atoms with Crippen molar-refractivity contribution in [3.63, 3.8) is 0 Å². The topological polar surface area (TPSA) is 59.8 Å². The quantitative estimate of drug-likeness (QED) is 0.379. The first kappa shape index (κ1) is 21.8. The summed E-state index contributed by atoms with van der Waals surface area (Å²) < 4.78 is 2.04. The van der Waals surface area contributed by atoms with Crippen molar-refractivity contribution in [3.05, 3.63) is 101 Å². The minimum Gasteiger partial charge on any atom is -0.325 e. The van der Waals surface area contributed by atoms with Gasteiger partial charge in [-0.1, -0.05) is 78.5 Å². The van der Waals surface area contributed by atoms with Gasteiger partial charge in [0.2, 0.25) is 5.91 Å². The fraction of sp³-hybridized carbons (Fsp3) is 0.192. The van der Waals surface area contributed by atoms with Gasteiger partial charge in [-0.25, -0.2) is 0 Å². The second-order valence-corrected chi connectivity index (χ2v) is 9.06. The van der Waals surface area contributed by atoms with Crippen molar-refractivity contribution in [1.29, 1.82) is 0 Å². The number of thioether (sulfide) groups is 1. The molecule has 0 saturated heterocycles. The Balaban J connectivity index is 1.59. The summed E-state index contributed by atoms with van der Waals surface area (Å²) in [4.78, 5) is 13.0. The summed E-state index contributed by atoms with van der Waals surface area (Å²) in [7, 11) is 0. The van der Waals surface area contributed by atoms with Crippen molar-refractivity contribution in [2.24, 2.45) is 0 Å². The van der Waals surface area contributed by atoms with Gasteiger partial charge in [0.25, 0.3) is 0 Å². The molecule has 1 atom stereocenters. The molecule has 0 aliphatic heterocycles. The Hall–Kier alpha value is -3.38. The van der Waals surface area contributed by atoms with Crippen LogP contribution in [0.3, 0.4) is 0 Å². The van der Waals surface area contributed by atoms with Gasteiger partial charge in [0, 0.05) is 17.8 Å². The molecular weight excluding hydrogens is 416 g/mol. The van der Waals surface area contributed by atoms with E-state index in [2.05, 4.69) is 27.6 Å². The third-order valence-corrected chi connectivity index (χ3v) is 6.34. The lowest BCUT2D eigenvalue weighted by molar-refractivity contribution is -0.115. The summed E-state index contributed by atoms with van der Waals surface area (Å²) in [6, 6.07) is 26.2. The first-order chi connectivity index (χ1) is 15.5. The van der Waals surface area contributed by atoms with Crippen LogP contribution in [0.4, 0.5) is 5.69 Å². The lowest BCUT2D eigenvalue weighted by Gasteiger charge is -2.16.